The molecule has 3 heterocycles. The van der Waals surface area contributed by atoms with Gasteiger partial charge in [0.15, 0.2) is 5.65 Å². The molecule has 0 bridgehead atoms. The largest absolute Gasteiger partial charge is 0.444 e. The molecule has 0 aliphatic carbocycles. The number of anilines is 1. The SMILES string of the molecule is CC(C)(C)OC(=O)N1CC(n2nc(Sc3ccccc3)c3c(N)ncnc32)C1. The molecule has 1 saturated heterocycles. The number of rotatable bonds is 3. The highest BCUT2D eigenvalue weighted by atomic mass is 32.2. The van der Waals surface area contributed by atoms with Crippen LogP contribution in [0.15, 0.2) is 46.6 Å². The number of nitrogens with zero attached hydrogens (tertiary/aromatic N) is 5. The first-order valence-corrected chi connectivity index (χ1v) is 9.83. The van der Waals surface area contributed by atoms with E-state index in [1.165, 1.54) is 18.1 Å². The van der Waals surface area contributed by atoms with Gasteiger partial charge in [-0.1, -0.05) is 30.0 Å². The van der Waals surface area contributed by atoms with E-state index in [4.69, 9.17) is 15.6 Å². The molecule has 0 unspecified atom stereocenters. The monoisotopic (exact) mass is 398 g/mol. The lowest BCUT2D eigenvalue weighted by molar-refractivity contribution is -0.0000511. The predicted molar refractivity (Wildman–Crippen MR) is 107 cm³/mol. The maximum atomic E-state index is 12.2. The van der Waals surface area contributed by atoms with Gasteiger partial charge in [-0.15, -0.1) is 0 Å². The zero-order valence-electron chi connectivity index (χ0n) is 16.0. The summed E-state index contributed by atoms with van der Waals surface area (Å²) in [6.45, 7) is 6.61. The number of amides is 1. The van der Waals surface area contributed by atoms with Gasteiger partial charge >= 0.3 is 6.09 Å². The number of hydrogen-bond donors (Lipinski definition) is 1. The molecule has 146 valence electrons. The van der Waals surface area contributed by atoms with Gasteiger partial charge in [0.1, 0.15) is 22.8 Å². The molecule has 0 spiro atoms. The summed E-state index contributed by atoms with van der Waals surface area (Å²) in [6, 6.07) is 9.98. The van der Waals surface area contributed by atoms with E-state index in [0.717, 1.165) is 15.3 Å². The number of carbonyl (C=O) groups excluding carboxylic acids is 1. The summed E-state index contributed by atoms with van der Waals surface area (Å²) in [5.41, 5.74) is 6.29. The molecule has 28 heavy (non-hydrogen) atoms. The van der Waals surface area contributed by atoms with E-state index in [0.29, 0.717) is 24.6 Å². The Morgan fingerprint density at radius 1 is 1.21 bits per heavy atom. The topological polar surface area (TPSA) is 99.2 Å². The maximum absolute atomic E-state index is 12.2. The van der Waals surface area contributed by atoms with E-state index in [2.05, 4.69) is 9.97 Å². The van der Waals surface area contributed by atoms with Crippen molar-refractivity contribution in [2.75, 3.05) is 18.8 Å². The molecule has 1 aliphatic rings. The number of carbonyl (C=O) groups is 1. The Balaban J connectivity index is 1.59. The summed E-state index contributed by atoms with van der Waals surface area (Å²) in [5.74, 6) is 0.401. The molecule has 0 radical (unpaired) electrons. The van der Waals surface area contributed by atoms with Gasteiger partial charge in [-0.25, -0.2) is 19.4 Å². The molecule has 1 aromatic carbocycles. The second-order valence-corrected chi connectivity index (χ2v) is 8.72. The summed E-state index contributed by atoms with van der Waals surface area (Å²) in [7, 11) is 0. The van der Waals surface area contributed by atoms with E-state index in [-0.39, 0.29) is 12.1 Å². The number of nitrogens with two attached hydrogens (primary N) is 1. The molecule has 4 rings (SSSR count). The molecule has 3 aromatic rings. The van der Waals surface area contributed by atoms with E-state index in [1.807, 2.05) is 55.8 Å². The molecule has 0 saturated carbocycles. The number of aromatic nitrogens is 4. The minimum absolute atomic E-state index is 0.0226. The smallest absolute Gasteiger partial charge is 0.410 e. The summed E-state index contributed by atoms with van der Waals surface area (Å²) < 4.78 is 7.27. The average Bonchev–Trinajstić information content (AvgIpc) is 2.92. The zero-order chi connectivity index (χ0) is 19.9. The molecular formula is C19H22N6O2S. The fourth-order valence-electron chi connectivity index (χ4n) is 2.98. The van der Waals surface area contributed by atoms with Gasteiger partial charge in [-0.3, -0.25) is 0 Å². The number of benzene rings is 1. The van der Waals surface area contributed by atoms with Crippen molar-refractivity contribution < 1.29 is 9.53 Å². The molecular weight excluding hydrogens is 376 g/mol. The molecule has 2 aromatic heterocycles. The Bertz CT molecular complexity index is 1010. The highest BCUT2D eigenvalue weighted by Crippen LogP contribution is 2.36. The lowest BCUT2D eigenvalue weighted by atomic mass is 10.1. The quantitative estimate of drug-likeness (QED) is 0.722. The van der Waals surface area contributed by atoms with Gasteiger partial charge in [0, 0.05) is 18.0 Å². The van der Waals surface area contributed by atoms with Gasteiger partial charge in [0.2, 0.25) is 0 Å². The third kappa shape index (κ3) is 3.62. The Labute approximate surface area is 167 Å². The van der Waals surface area contributed by atoms with Crippen LogP contribution < -0.4 is 5.73 Å². The van der Waals surface area contributed by atoms with Gasteiger partial charge in [-0.05, 0) is 32.9 Å². The van der Waals surface area contributed by atoms with Gasteiger partial charge in [0.25, 0.3) is 0 Å². The summed E-state index contributed by atoms with van der Waals surface area (Å²) in [4.78, 5) is 23.5. The average molecular weight is 398 g/mol. The predicted octanol–water partition coefficient (Wildman–Crippen LogP) is 3.35. The van der Waals surface area contributed by atoms with Crippen LogP contribution in [0.4, 0.5) is 10.6 Å². The van der Waals surface area contributed by atoms with E-state index < -0.39 is 5.60 Å². The second-order valence-electron chi connectivity index (χ2n) is 7.66. The van der Waals surface area contributed by atoms with Crippen molar-refractivity contribution in [3.05, 3.63) is 36.7 Å². The molecule has 9 heteroatoms. The second kappa shape index (κ2) is 6.97. The Kier molecular flexibility index (Phi) is 4.62. The molecule has 2 N–H and O–H groups in total. The lowest BCUT2D eigenvalue weighted by Crippen LogP contribution is -2.52. The van der Waals surface area contributed by atoms with Gasteiger partial charge < -0.3 is 15.4 Å². The van der Waals surface area contributed by atoms with Crippen LogP contribution in [0.1, 0.15) is 26.8 Å². The Morgan fingerprint density at radius 2 is 1.93 bits per heavy atom. The molecule has 1 amide bonds. The van der Waals surface area contributed by atoms with Crippen LogP contribution in [0.25, 0.3) is 11.0 Å². The first-order chi connectivity index (χ1) is 13.3. The number of hydrogen-bond acceptors (Lipinski definition) is 7. The van der Waals surface area contributed by atoms with Gasteiger partial charge in [0.05, 0.1) is 11.4 Å². The summed E-state index contributed by atoms with van der Waals surface area (Å²) >= 11 is 1.52. The van der Waals surface area contributed by atoms with E-state index >= 15 is 0 Å². The van der Waals surface area contributed by atoms with Crippen LogP contribution >= 0.6 is 11.8 Å². The maximum Gasteiger partial charge on any atom is 0.410 e. The highest BCUT2D eigenvalue weighted by molar-refractivity contribution is 7.99. The Morgan fingerprint density at radius 3 is 2.61 bits per heavy atom. The van der Waals surface area contributed by atoms with Crippen LogP contribution in [0, 0.1) is 0 Å². The fraction of sp³-hybridized carbons (Fsp3) is 0.368. The summed E-state index contributed by atoms with van der Waals surface area (Å²) in [6.07, 6.45) is 1.13. The van der Waals surface area contributed by atoms with Crippen molar-refractivity contribution in [1.82, 2.24) is 24.6 Å². The van der Waals surface area contributed by atoms with E-state index in [1.54, 1.807) is 4.90 Å². The first-order valence-electron chi connectivity index (χ1n) is 9.01. The fourth-order valence-corrected chi connectivity index (χ4v) is 3.92. The Hall–Kier alpha value is -2.81. The first kappa shape index (κ1) is 18.5. The highest BCUT2D eigenvalue weighted by Gasteiger charge is 2.37. The standard InChI is InChI=1S/C19H22N6O2S/c1-19(2,3)27-18(26)24-9-12(10-24)25-16-14(15(20)21-11-22-16)17(23-25)28-13-7-5-4-6-8-13/h4-8,11-12H,9-10H2,1-3H3,(H2,20,21,22). The van der Waals surface area contributed by atoms with Crippen molar-refractivity contribution in [2.45, 2.75) is 42.3 Å². The van der Waals surface area contributed by atoms with Crippen LogP contribution in [0.5, 0.6) is 0 Å². The summed E-state index contributed by atoms with van der Waals surface area (Å²) in [5, 5.41) is 6.26. The van der Waals surface area contributed by atoms with Crippen molar-refractivity contribution >= 4 is 34.7 Å². The minimum atomic E-state index is -0.512. The van der Waals surface area contributed by atoms with Crippen molar-refractivity contribution in [3.63, 3.8) is 0 Å². The van der Waals surface area contributed by atoms with E-state index in [9.17, 15) is 4.79 Å². The number of nitrogen functional groups attached to an aromatic ring is 1. The molecule has 0 atom stereocenters. The number of ether oxygens (including phenoxy) is 1. The lowest BCUT2D eigenvalue weighted by Gasteiger charge is -2.39. The third-order valence-electron chi connectivity index (χ3n) is 4.30. The van der Waals surface area contributed by atoms with Crippen molar-refractivity contribution in [1.29, 1.82) is 0 Å². The van der Waals surface area contributed by atoms with Gasteiger partial charge in [-0.2, -0.15) is 5.10 Å². The molecule has 8 nitrogen and oxygen atoms in total. The number of fused-ring (bicyclic) bond motifs is 1. The number of likely N-dealkylation sites (tertiary alicyclic amines) is 1. The normalized spacial score (nSPS) is 14.9. The van der Waals surface area contributed by atoms with Crippen molar-refractivity contribution in [2.24, 2.45) is 0 Å². The van der Waals surface area contributed by atoms with Crippen LogP contribution in [-0.4, -0.2) is 49.4 Å². The van der Waals surface area contributed by atoms with Crippen molar-refractivity contribution in [3.8, 4) is 0 Å². The van der Waals surface area contributed by atoms with Crippen LogP contribution in [0.3, 0.4) is 0 Å². The zero-order valence-corrected chi connectivity index (χ0v) is 16.8. The molecule has 1 aliphatic heterocycles. The van der Waals surface area contributed by atoms with Crippen LogP contribution in [0.2, 0.25) is 0 Å². The third-order valence-corrected chi connectivity index (χ3v) is 5.29. The van der Waals surface area contributed by atoms with Crippen LogP contribution in [-0.2, 0) is 4.74 Å². The molecule has 1 fully saturated rings. The minimum Gasteiger partial charge on any atom is -0.444 e.